The second-order valence-corrected chi connectivity index (χ2v) is 4.87. The van der Waals surface area contributed by atoms with Gasteiger partial charge in [-0.05, 0) is 40.8 Å². The van der Waals surface area contributed by atoms with Crippen LogP contribution in [0.3, 0.4) is 0 Å². The number of aromatic nitrogens is 3. The molecule has 0 spiro atoms. The topological polar surface area (TPSA) is 50.7 Å². The third-order valence-electron chi connectivity index (χ3n) is 2.51. The van der Waals surface area contributed by atoms with Crippen molar-refractivity contribution in [2.45, 2.75) is 0 Å². The lowest BCUT2D eigenvalue weighted by Crippen LogP contribution is -1.95. The molecule has 0 saturated carbocycles. The first-order chi connectivity index (χ1) is 8.81. The Morgan fingerprint density at radius 2 is 1.94 bits per heavy atom. The molecule has 88 valence electrons. The van der Waals surface area contributed by atoms with E-state index in [9.17, 15) is 0 Å². The van der Waals surface area contributed by atoms with Crippen molar-refractivity contribution >= 4 is 45.0 Å². The minimum atomic E-state index is 0.782. The Bertz CT molecular complexity index is 699. The van der Waals surface area contributed by atoms with Gasteiger partial charge < -0.3 is 5.32 Å². The highest BCUT2D eigenvalue weighted by Gasteiger charge is 1.99. The highest BCUT2D eigenvalue weighted by atomic mass is 127. The molecule has 0 bridgehead atoms. The first-order valence-electron chi connectivity index (χ1n) is 5.41. The molecule has 3 aromatic rings. The van der Waals surface area contributed by atoms with Gasteiger partial charge in [-0.2, -0.15) is 0 Å². The summed E-state index contributed by atoms with van der Waals surface area (Å²) in [6, 6.07) is 11.9. The van der Waals surface area contributed by atoms with E-state index in [-0.39, 0.29) is 0 Å². The van der Waals surface area contributed by atoms with E-state index < -0.39 is 0 Å². The summed E-state index contributed by atoms with van der Waals surface area (Å²) in [5.74, 6) is 0.782. The summed E-state index contributed by atoms with van der Waals surface area (Å²) in [5, 5.41) is 4.37. The fraction of sp³-hybridized carbons (Fsp3) is 0. The van der Waals surface area contributed by atoms with E-state index in [1.807, 2.05) is 36.4 Å². The lowest BCUT2D eigenvalue weighted by atomic mass is 10.2. The van der Waals surface area contributed by atoms with Gasteiger partial charge in [0.2, 0.25) is 0 Å². The number of hydrogen-bond acceptors (Lipinski definition) is 4. The molecule has 1 N–H and O–H groups in total. The van der Waals surface area contributed by atoms with E-state index in [2.05, 4.69) is 42.9 Å². The Morgan fingerprint density at radius 1 is 1.00 bits per heavy atom. The van der Waals surface area contributed by atoms with Crippen molar-refractivity contribution < 1.29 is 0 Å². The van der Waals surface area contributed by atoms with Crippen molar-refractivity contribution in [3.63, 3.8) is 0 Å². The van der Waals surface area contributed by atoms with Crippen LogP contribution in [0.15, 0.2) is 48.9 Å². The third kappa shape index (κ3) is 2.40. The lowest BCUT2D eigenvalue weighted by Gasteiger charge is -2.06. The van der Waals surface area contributed by atoms with Gasteiger partial charge in [-0.3, -0.25) is 4.98 Å². The molecule has 4 nitrogen and oxygen atoms in total. The SMILES string of the molecule is Ic1cc(Nc2ccc3cccnc3c2)ncn1. The Labute approximate surface area is 118 Å². The van der Waals surface area contributed by atoms with Crippen LogP contribution in [0.5, 0.6) is 0 Å². The molecule has 2 heterocycles. The van der Waals surface area contributed by atoms with Crippen molar-refractivity contribution in [2.24, 2.45) is 0 Å². The predicted molar refractivity (Wildman–Crippen MR) is 79.8 cm³/mol. The summed E-state index contributed by atoms with van der Waals surface area (Å²) >= 11 is 2.16. The van der Waals surface area contributed by atoms with Gasteiger partial charge in [0.1, 0.15) is 15.8 Å². The minimum Gasteiger partial charge on any atom is -0.340 e. The molecule has 0 saturated heterocycles. The number of pyridine rings is 1. The molecule has 0 fully saturated rings. The van der Waals surface area contributed by atoms with Crippen LogP contribution in [0.1, 0.15) is 0 Å². The van der Waals surface area contributed by atoms with Crippen LogP contribution in [-0.4, -0.2) is 15.0 Å². The number of halogens is 1. The summed E-state index contributed by atoms with van der Waals surface area (Å²) in [4.78, 5) is 12.5. The smallest absolute Gasteiger partial charge is 0.134 e. The Balaban J connectivity index is 1.95. The van der Waals surface area contributed by atoms with Gasteiger partial charge in [-0.15, -0.1) is 0 Å². The van der Waals surface area contributed by atoms with Gasteiger partial charge in [-0.25, -0.2) is 9.97 Å². The Morgan fingerprint density at radius 3 is 2.83 bits per heavy atom. The molecular formula is C13H9IN4. The Hall–Kier alpha value is -1.76. The highest BCUT2D eigenvalue weighted by Crippen LogP contribution is 2.20. The Kier molecular flexibility index (Phi) is 3.06. The molecule has 1 aromatic carbocycles. The van der Waals surface area contributed by atoms with Crippen molar-refractivity contribution in [1.29, 1.82) is 0 Å². The molecule has 0 unspecified atom stereocenters. The molecule has 18 heavy (non-hydrogen) atoms. The van der Waals surface area contributed by atoms with Crippen LogP contribution in [0.25, 0.3) is 10.9 Å². The van der Waals surface area contributed by atoms with Gasteiger partial charge in [0, 0.05) is 23.3 Å². The van der Waals surface area contributed by atoms with E-state index in [4.69, 9.17) is 0 Å². The summed E-state index contributed by atoms with van der Waals surface area (Å²) in [5.41, 5.74) is 1.93. The molecule has 2 aromatic heterocycles. The van der Waals surface area contributed by atoms with Crippen LogP contribution >= 0.6 is 22.6 Å². The van der Waals surface area contributed by atoms with Gasteiger partial charge in [-0.1, -0.05) is 12.1 Å². The van der Waals surface area contributed by atoms with E-state index in [1.165, 1.54) is 0 Å². The van der Waals surface area contributed by atoms with Crippen LogP contribution in [0.2, 0.25) is 0 Å². The first-order valence-corrected chi connectivity index (χ1v) is 6.48. The molecular weight excluding hydrogens is 339 g/mol. The fourth-order valence-electron chi connectivity index (χ4n) is 1.69. The van der Waals surface area contributed by atoms with Crippen LogP contribution in [-0.2, 0) is 0 Å². The highest BCUT2D eigenvalue weighted by molar-refractivity contribution is 14.1. The quantitative estimate of drug-likeness (QED) is 0.570. The number of fused-ring (bicyclic) bond motifs is 1. The van der Waals surface area contributed by atoms with Gasteiger partial charge in [0.25, 0.3) is 0 Å². The van der Waals surface area contributed by atoms with Crippen molar-refractivity contribution in [1.82, 2.24) is 15.0 Å². The standard InChI is InChI=1S/C13H9IN4/c14-12-7-13(17-8-16-12)18-10-4-3-9-2-1-5-15-11(9)6-10/h1-8H,(H,16,17,18). The molecule has 3 rings (SSSR count). The third-order valence-corrected chi connectivity index (χ3v) is 3.10. The molecule has 0 aliphatic rings. The van der Waals surface area contributed by atoms with Gasteiger partial charge in [0.15, 0.2) is 0 Å². The van der Waals surface area contributed by atoms with Crippen LogP contribution in [0.4, 0.5) is 11.5 Å². The maximum Gasteiger partial charge on any atom is 0.134 e. The number of benzene rings is 1. The van der Waals surface area contributed by atoms with Crippen molar-refractivity contribution in [3.8, 4) is 0 Å². The fourth-order valence-corrected chi connectivity index (χ4v) is 2.11. The van der Waals surface area contributed by atoms with Gasteiger partial charge >= 0.3 is 0 Å². The van der Waals surface area contributed by atoms with E-state index >= 15 is 0 Å². The molecule has 5 heteroatoms. The van der Waals surface area contributed by atoms with Crippen molar-refractivity contribution in [2.75, 3.05) is 5.32 Å². The van der Waals surface area contributed by atoms with E-state index in [0.717, 1.165) is 26.1 Å². The summed E-state index contributed by atoms with van der Waals surface area (Å²) in [6.45, 7) is 0. The predicted octanol–water partition coefficient (Wildman–Crippen LogP) is 3.37. The lowest BCUT2D eigenvalue weighted by molar-refractivity contribution is 1.14. The molecule has 0 amide bonds. The molecule has 0 aliphatic heterocycles. The van der Waals surface area contributed by atoms with E-state index in [1.54, 1.807) is 12.5 Å². The van der Waals surface area contributed by atoms with Crippen LogP contribution < -0.4 is 5.32 Å². The average molecular weight is 348 g/mol. The second-order valence-electron chi connectivity index (χ2n) is 3.76. The van der Waals surface area contributed by atoms with E-state index in [0.29, 0.717) is 0 Å². The molecule has 0 aliphatic carbocycles. The maximum atomic E-state index is 4.33. The largest absolute Gasteiger partial charge is 0.340 e. The zero-order valence-electron chi connectivity index (χ0n) is 9.34. The minimum absolute atomic E-state index is 0.782. The normalized spacial score (nSPS) is 10.5. The maximum absolute atomic E-state index is 4.33. The molecule has 0 atom stereocenters. The summed E-state index contributed by atoms with van der Waals surface area (Å²) < 4.78 is 0.906. The zero-order chi connectivity index (χ0) is 12.4. The first kappa shape index (κ1) is 11.3. The average Bonchev–Trinajstić information content (AvgIpc) is 2.39. The number of rotatable bonds is 2. The number of nitrogens with one attached hydrogen (secondary N) is 1. The monoisotopic (exact) mass is 348 g/mol. The summed E-state index contributed by atoms with van der Waals surface area (Å²) in [6.07, 6.45) is 3.34. The number of nitrogens with zero attached hydrogens (tertiary/aromatic N) is 3. The number of anilines is 2. The van der Waals surface area contributed by atoms with Crippen LogP contribution in [0, 0.1) is 3.70 Å². The molecule has 0 radical (unpaired) electrons. The van der Waals surface area contributed by atoms with Gasteiger partial charge in [0.05, 0.1) is 5.52 Å². The number of hydrogen-bond donors (Lipinski definition) is 1. The zero-order valence-corrected chi connectivity index (χ0v) is 11.5. The summed E-state index contributed by atoms with van der Waals surface area (Å²) in [7, 11) is 0. The van der Waals surface area contributed by atoms with Crippen molar-refractivity contribution in [3.05, 3.63) is 52.6 Å². The second kappa shape index (κ2) is 4.85.